The van der Waals surface area contributed by atoms with Crippen molar-refractivity contribution < 1.29 is 14.6 Å². The summed E-state index contributed by atoms with van der Waals surface area (Å²) in [6.45, 7) is 3.26. The molecule has 4 heteroatoms. The minimum atomic E-state index is -0.526. The molecule has 17 heavy (non-hydrogen) atoms. The number of benzene rings is 1. The van der Waals surface area contributed by atoms with Gasteiger partial charge in [0.05, 0.1) is 19.3 Å². The Morgan fingerprint density at radius 2 is 2.12 bits per heavy atom. The predicted octanol–water partition coefficient (Wildman–Crippen LogP) is 3.06. The highest BCUT2D eigenvalue weighted by Crippen LogP contribution is 2.30. The summed E-state index contributed by atoms with van der Waals surface area (Å²) in [5.74, 6) is 0.773. The van der Waals surface area contributed by atoms with E-state index in [1.807, 2.05) is 18.2 Å². The van der Waals surface area contributed by atoms with Gasteiger partial charge in [-0.15, -0.1) is 0 Å². The zero-order valence-electron chi connectivity index (χ0n) is 9.86. The molecule has 1 heterocycles. The van der Waals surface area contributed by atoms with Gasteiger partial charge in [0.25, 0.3) is 0 Å². The van der Waals surface area contributed by atoms with Crippen molar-refractivity contribution in [1.29, 1.82) is 0 Å². The normalized spacial score (nSPS) is 19.0. The van der Waals surface area contributed by atoms with Gasteiger partial charge >= 0.3 is 0 Å². The number of halogens is 1. The first-order valence-electron chi connectivity index (χ1n) is 5.88. The van der Waals surface area contributed by atoms with Gasteiger partial charge in [-0.3, -0.25) is 0 Å². The fourth-order valence-corrected chi connectivity index (χ4v) is 2.31. The van der Waals surface area contributed by atoms with E-state index < -0.39 is 6.10 Å². The maximum atomic E-state index is 9.73. The molecule has 0 bridgehead atoms. The van der Waals surface area contributed by atoms with Crippen molar-refractivity contribution in [3.05, 3.63) is 28.2 Å². The predicted molar refractivity (Wildman–Crippen MR) is 69.2 cm³/mol. The number of aliphatic hydroxyl groups excluding tert-OH is 1. The molecule has 0 saturated carbocycles. The number of hydrogen-bond donors (Lipinski definition) is 1. The topological polar surface area (TPSA) is 38.7 Å². The third-order valence-corrected chi connectivity index (χ3v) is 3.38. The van der Waals surface area contributed by atoms with E-state index in [4.69, 9.17) is 9.47 Å². The Bertz CT molecular complexity index is 373. The summed E-state index contributed by atoms with van der Waals surface area (Å²) >= 11 is 3.40. The van der Waals surface area contributed by atoms with Gasteiger partial charge in [0.15, 0.2) is 0 Å². The second-order valence-electron chi connectivity index (χ2n) is 4.29. The lowest BCUT2D eigenvalue weighted by molar-refractivity contribution is 0.0242. The Morgan fingerprint density at radius 1 is 1.41 bits per heavy atom. The first kappa shape index (κ1) is 12.9. The van der Waals surface area contributed by atoms with Crippen LogP contribution in [0.15, 0.2) is 22.7 Å². The minimum absolute atomic E-state index is 0.197. The molecule has 1 atom stereocenters. The number of aliphatic hydroxyl groups is 1. The zero-order valence-corrected chi connectivity index (χ0v) is 11.4. The van der Waals surface area contributed by atoms with E-state index in [2.05, 4.69) is 15.9 Å². The Balaban J connectivity index is 2.13. The standard InChI is InChI=1S/C13H17BrO3/c1-9(15)12-8-10(14)2-3-13(12)17-11-4-6-16-7-5-11/h2-3,8-9,11,15H,4-7H2,1H3/t9-/m0/s1. The summed E-state index contributed by atoms with van der Waals surface area (Å²) in [5, 5.41) is 9.73. The molecule has 0 spiro atoms. The van der Waals surface area contributed by atoms with Gasteiger partial charge in [-0.25, -0.2) is 0 Å². The van der Waals surface area contributed by atoms with Crippen LogP contribution in [0.25, 0.3) is 0 Å². The van der Waals surface area contributed by atoms with Crippen LogP contribution >= 0.6 is 15.9 Å². The maximum Gasteiger partial charge on any atom is 0.125 e. The molecule has 1 aromatic carbocycles. The van der Waals surface area contributed by atoms with Crippen LogP contribution in [-0.2, 0) is 4.74 Å². The molecule has 0 aliphatic carbocycles. The van der Waals surface area contributed by atoms with Crippen molar-refractivity contribution in [2.24, 2.45) is 0 Å². The van der Waals surface area contributed by atoms with Gasteiger partial charge < -0.3 is 14.6 Å². The van der Waals surface area contributed by atoms with E-state index in [9.17, 15) is 5.11 Å². The monoisotopic (exact) mass is 300 g/mol. The average molecular weight is 301 g/mol. The van der Waals surface area contributed by atoms with Crippen molar-refractivity contribution >= 4 is 15.9 Å². The van der Waals surface area contributed by atoms with Crippen LogP contribution < -0.4 is 4.74 Å². The van der Waals surface area contributed by atoms with Crippen LogP contribution in [0.5, 0.6) is 5.75 Å². The Labute approximate surface area is 110 Å². The highest BCUT2D eigenvalue weighted by molar-refractivity contribution is 9.10. The van der Waals surface area contributed by atoms with Crippen LogP contribution in [0, 0.1) is 0 Å². The van der Waals surface area contributed by atoms with Crippen molar-refractivity contribution in [2.75, 3.05) is 13.2 Å². The second-order valence-corrected chi connectivity index (χ2v) is 5.20. The summed E-state index contributed by atoms with van der Waals surface area (Å²) < 4.78 is 12.2. The van der Waals surface area contributed by atoms with Gasteiger partial charge in [-0.05, 0) is 25.1 Å². The molecule has 1 fully saturated rings. The highest BCUT2D eigenvalue weighted by Gasteiger charge is 2.18. The van der Waals surface area contributed by atoms with E-state index in [1.165, 1.54) is 0 Å². The molecule has 1 aromatic rings. The van der Waals surface area contributed by atoms with Crippen LogP contribution in [0.2, 0.25) is 0 Å². The SMILES string of the molecule is C[C@H](O)c1cc(Br)ccc1OC1CCOCC1. The molecule has 0 unspecified atom stereocenters. The molecule has 0 amide bonds. The van der Waals surface area contributed by atoms with E-state index >= 15 is 0 Å². The molecule has 0 aromatic heterocycles. The number of hydrogen-bond acceptors (Lipinski definition) is 3. The Kier molecular flexibility index (Phi) is 4.42. The minimum Gasteiger partial charge on any atom is -0.490 e. The van der Waals surface area contributed by atoms with E-state index in [-0.39, 0.29) is 6.10 Å². The summed E-state index contributed by atoms with van der Waals surface area (Å²) in [5.41, 5.74) is 0.825. The van der Waals surface area contributed by atoms with Crippen LogP contribution in [0.1, 0.15) is 31.4 Å². The quantitative estimate of drug-likeness (QED) is 0.932. The fourth-order valence-electron chi connectivity index (χ4n) is 1.93. The lowest BCUT2D eigenvalue weighted by Crippen LogP contribution is -2.26. The smallest absolute Gasteiger partial charge is 0.125 e. The lowest BCUT2D eigenvalue weighted by atomic mass is 10.1. The number of ether oxygens (including phenoxy) is 2. The molecule has 3 nitrogen and oxygen atoms in total. The molecule has 2 rings (SSSR count). The summed E-state index contributed by atoms with van der Waals surface area (Å²) in [6.07, 6.45) is 1.50. The fraction of sp³-hybridized carbons (Fsp3) is 0.538. The Morgan fingerprint density at radius 3 is 2.76 bits per heavy atom. The Hall–Kier alpha value is -0.580. The molecular weight excluding hydrogens is 284 g/mol. The van der Waals surface area contributed by atoms with Crippen LogP contribution in [-0.4, -0.2) is 24.4 Å². The first-order valence-corrected chi connectivity index (χ1v) is 6.68. The van der Waals surface area contributed by atoms with Gasteiger partial charge in [-0.1, -0.05) is 15.9 Å². The molecule has 1 N–H and O–H groups in total. The molecular formula is C13H17BrO3. The maximum absolute atomic E-state index is 9.73. The summed E-state index contributed by atoms with van der Waals surface area (Å²) in [6, 6.07) is 5.74. The highest BCUT2D eigenvalue weighted by atomic mass is 79.9. The molecule has 0 radical (unpaired) electrons. The average Bonchev–Trinajstić information content (AvgIpc) is 2.32. The molecule has 1 saturated heterocycles. The number of rotatable bonds is 3. The third kappa shape index (κ3) is 3.44. The molecule has 1 aliphatic rings. The van der Waals surface area contributed by atoms with E-state index in [1.54, 1.807) is 6.92 Å². The van der Waals surface area contributed by atoms with Crippen molar-refractivity contribution in [3.63, 3.8) is 0 Å². The van der Waals surface area contributed by atoms with Crippen LogP contribution in [0.3, 0.4) is 0 Å². The van der Waals surface area contributed by atoms with E-state index in [0.29, 0.717) is 0 Å². The van der Waals surface area contributed by atoms with Gasteiger partial charge in [0, 0.05) is 22.9 Å². The van der Waals surface area contributed by atoms with Gasteiger partial charge in [0.1, 0.15) is 11.9 Å². The van der Waals surface area contributed by atoms with Gasteiger partial charge in [-0.2, -0.15) is 0 Å². The van der Waals surface area contributed by atoms with Gasteiger partial charge in [0.2, 0.25) is 0 Å². The van der Waals surface area contributed by atoms with Crippen molar-refractivity contribution in [3.8, 4) is 5.75 Å². The largest absolute Gasteiger partial charge is 0.490 e. The molecule has 1 aliphatic heterocycles. The van der Waals surface area contributed by atoms with E-state index in [0.717, 1.165) is 41.8 Å². The zero-order chi connectivity index (χ0) is 12.3. The summed E-state index contributed by atoms with van der Waals surface area (Å²) in [4.78, 5) is 0. The first-order chi connectivity index (χ1) is 8.16. The third-order valence-electron chi connectivity index (χ3n) is 2.88. The van der Waals surface area contributed by atoms with Crippen LogP contribution in [0.4, 0.5) is 0 Å². The second kappa shape index (κ2) is 5.85. The van der Waals surface area contributed by atoms with Crippen molar-refractivity contribution in [2.45, 2.75) is 32.0 Å². The van der Waals surface area contributed by atoms with Crippen molar-refractivity contribution in [1.82, 2.24) is 0 Å². The molecule has 94 valence electrons. The summed E-state index contributed by atoms with van der Waals surface area (Å²) in [7, 11) is 0. The lowest BCUT2D eigenvalue weighted by Gasteiger charge is -2.25.